The Balaban J connectivity index is 1.76. The molecule has 1 amide bonds. The summed E-state index contributed by atoms with van der Waals surface area (Å²) in [5.41, 5.74) is 0. The number of thioether (sulfide) groups is 1. The maximum Gasteiger partial charge on any atom is 0.335 e. The molecule has 0 unspecified atom stereocenters. The van der Waals surface area contributed by atoms with Gasteiger partial charge < -0.3 is 34.8 Å². The first-order chi connectivity index (χ1) is 15.6. The monoisotopic (exact) mass is 501 g/mol. The number of hydrogen-bond donors (Lipinski definition) is 5. The van der Waals surface area contributed by atoms with Crippen LogP contribution in [0, 0.1) is 5.92 Å². The van der Waals surface area contributed by atoms with E-state index in [1.807, 2.05) is 30.3 Å². The molecule has 1 aromatic rings. The highest BCUT2D eigenvalue weighted by Gasteiger charge is 2.50. The van der Waals surface area contributed by atoms with Crippen molar-refractivity contribution in [3.63, 3.8) is 0 Å². The Morgan fingerprint density at radius 2 is 1.85 bits per heavy atom. The second kappa shape index (κ2) is 11.1. The Morgan fingerprint density at radius 1 is 1.18 bits per heavy atom. The van der Waals surface area contributed by atoms with Crippen LogP contribution in [-0.2, 0) is 23.9 Å². The molecule has 0 bridgehead atoms. The zero-order valence-corrected chi connectivity index (χ0v) is 19.5. The number of hydrogen-bond acceptors (Lipinski definition) is 10. The molecule has 33 heavy (non-hydrogen) atoms. The third-order valence-corrected chi connectivity index (χ3v) is 7.37. The average Bonchev–Trinajstić information content (AvgIpc) is 3.22. The van der Waals surface area contributed by atoms with Crippen LogP contribution in [0.25, 0.3) is 0 Å². The van der Waals surface area contributed by atoms with E-state index in [1.165, 1.54) is 16.7 Å². The van der Waals surface area contributed by atoms with Gasteiger partial charge in [0.25, 0.3) is 0 Å². The smallest absolute Gasteiger partial charge is 0.335 e. The quantitative estimate of drug-likeness (QED) is 0.250. The van der Waals surface area contributed by atoms with Gasteiger partial charge in [-0.25, -0.2) is 9.59 Å². The second-order valence-corrected chi connectivity index (χ2v) is 9.79. The topological polar surface area (TPSA) is 154 Å². The number of carbonyl (C=O) groups is 3. The fourth-order valence-electron chi connectivity index (χ4n) is 3.74. The van der Waals surface area contributed by atoms with Crippen LogP contribution in [0.5, 0.6) is 0 Å². The van der Waals surface area contributed by atoms with Crippen LogP contribution in [-0.4, -0.2) is 97.5 Å². The molecule has 2 fully saturated rings. The van der Waals surface area contributed by atoms with Crippen LogP contribution in [0.2, 0.25) is 0 Å². The maximum atomic E-state index is 13.0. The van der Waals surface area contributed by atoms with Crippen LogP contribution < -0.4 is 0 Å². The molecule has 12 heteroatoms. The van der Waals surface area contributed by atoms with Crippen molar-refractivity contribution in [3.05, 3.63) is 30.3 Å². The van der Waals surface area contributed by atoms with Gasteiger partial charge in [0.05, 0.1) is 0 Å². The molecule has 0 spiro atoms. The molecule has 0 saturated carbocycles. The number of thiol groups is 1. The van der Waals surface area contributed by atoms with Crippen LogP contribution in [0.4, 0.5) is 0 Å². The number of aliphatic hydroxyl groups is 3. The van der Waals surface area contributed by atoms with E-state index in [4.69, 9.17) is 9.47 Å². The lowest BCUT2D eigenvalue weighted by Crippen LogP contribution is -2.61. The van der Waals surface area contributed by atoms with Crippen LogP contribution >= 0.6 is 24.4 Å². The van der Waals surface area contributed by atoms with Gasteiger partial charge in [-0.05, 0) is 18.6 Å². The lowest BCUT2D eigenvalue weighted by molar-refractivity contribution is -0.287. The lowest BCUT2D eigenvalue weighted by Gasteiger charge is -2.38. The second-order valence-electron chi connectivity index (χ2n) is 8.05. The van der Waals surface area contributed by atoms with Crippen molar-refractivity contribution in [3.8, 4) is 0 Å². The SMILES string of the molecule is C[C@H](CS)C(=O)N1C[C@@H](Sc2ccccc2)C[C@H]1C(=O)O[C@@H]1O[C@H](C(=O)O)[C@@H](O)[C@H](O)[C@H]1O. The molecule has 4 N–H and O–H groups in total. The highest BCUT2D eigenvalue weighted by Crippen LogP contribution is 2.35. The predicted molar refractivity (Wildman–Crippen MR) is 120 cm³/mol. The first-order valence-corrected chi connectivity index (χ1v) is 11.9. The van der Waals surface area contributed by atoms with Gasteiger partial charge in [-0.1, -0.05) is 25.1 Å². The average molecular weight is 502 g/mol. The molecule has 3 rings (SSSR count). The zero-order valence-electron chi connectivity index (χ0n) is 17.8. The minimum Gasteiger partial charge on any atom is -0.479 e. The van der Waals surface area contributed by atoms with Gasteiger partial charge in [0.1, 0.15) is 24.4 Å². The molecule has 2 aliphatic heterocycles. The Hall–Kier alpha value is -1.83. The Kier molecular flexibility index (Phi) is 8.65. The van der Waals surface area contributed by atoms with E-state index < -0.39 is 54.6 Å². The minimum absolute atomic E-state index is 0.114. The standard InChI is InChI=1S/C21H27NO9S2/c1-10(9-32)18(26)22-8-12(33-11-5-3-2-4-6-11)7-13(22)20(29)31-21-16(25)14(23)15(24)17(30-21)19(27)28/h2-6,10,12-17,21,23-25,32H,7-9H2,1H3,(H,27,28)/t10-,12+,13+,14+,15+,16-,17+,21+/m1/s1. The normalized spacial score (nSPS) is 32.9. The summed E-state index contributed by atoms with van der Waals surface area (Å²) < 4.78 is 10.2. The molecule has 0 aliphatic carbocycles. The van der Waals surface area contributed by atoms with Gasteiger partial charge in [-0.3, -0.25) is 4.79 Å². The number of esters is 1. The van der Waals surface area contributed by atoms with E-state index in [0.29, 0.717) is 0 Å². The van der Waals surface area contributed by atoms with Gasteiger partial charge in [0.2, 0.25) is 12.2 Å². The minimum atomic E-state index is -1.90. The van der Waals surface area contributed by atoms with E-state index in [9.17, 15) is 34.8 Å². The molecular formula is C21H27NO9S2. The summed E-state index contributed by atoms with van der Waals surface area (Å²) in [7, 11) is 0. The van der Waals surface area contributed by atoms with Gasteiger partial charge in [0, 0.05) is 28.4 Å². The van der Waals surface area contributed by atoms with Crippen molar-refractivity contribution in [2.45, 2.75) is 60.2 Å². The first kappa shape index (κ1) is 25.8. The number of ether oxygens (including phenoxy) is 2. The summed E-state index contributed by atoms with van der Waals surface area (Å²) >= 11 is 5.68. The van der Waals surface area contributed by atoms with Crippen LogP contribution in [0.15, 0.2) is 35.2 Å². The molecule has 0 aromatic heterocycles. The highest BCUT2D eigenvalue weighted by atomic mass is 32.2. The van der Waals surface area contributed by atoms with Crippen molar-refractivity contribution in [1.82, 2.24) is 4.90 Å². The number of rotatable bonds is 7. The Labute approximate surface area is 200 Å². The number of aliphatic hydroxyl groups excluding tert-OH is 3. The summed E-state index contributed by atoms with van der Waals surface area (Å²) in [5, 5.41) is 39.0. The number of aliphatic carboxylic acids is 1. The summed E-state index contributed by atoms with van der Waals surface area (Å²) in [6.07, 6.45) is -9.12. The molecule has 2 saturated heterocycles. The predicted octanol–water partition coefficient (Wildman–Crippen LogP) is -0.251. The summed E-state index contributed by atoms with van der Waals surface area (Å²) in [5.74, 6) is -2.94. The fourth-order valence-corrected chi connectivity index (χ4v) is 5.11. The maximum absolute atomic E-state index is 13.0. The fraction of sp³-hybridized carbons (Fsp3) is 0.571. The van der Waals surface area contributed by atoms with E-state index in [-0.39, 0.29) is 29.9 Å². The van der Waals surface area contributed by atoms with E-state index in [1.54, 1.807) is 6.92 Å². The zero-order chi connectivity index (χ0) is 24.3. The third kappa shape index (κ3) is 5.81. The van der Waals surface area contributed by atoms with Crippen molar-refractivity contribution in [2.24, 2.45) is 5.92 Å². The van der Waals surface area contributed by atoms with Crippen molar-refractivity contribution in [1.29, 1.82) is 0 Å². The van der Waals surface area contributed by atoms with Gasteiger partial charge in [-0.15, -0.1) is 11.8 Å². The number of carbonyl (C=O) groups excluding carboxylic acids is 2. The molecule has 8 atom stereocenters. The van der Waals surface area contributed by atoms with Gasteiger partial charge in [0.15, 0.2) is 6.10 Å². The first-order valence-electron chi connectivity index (χ1n) is 10.4. The molecular weight excluding hydrogens is 474 g/mol. The third-order valence-electron chi connectivity index (χ3n) is 5.60. The summed E-state index contributed by atoms with van der Waals surface area (Å²) in [6.45, 7) is 1.97. The van der Waals surface area contributed by atoms with Crippen molar-refractivity contribution >= 4 is 42.2 Å². The molecule has 1 aromatic carbocycles. The number of carboxylic acid groups (broad SMARTS) is 1. The largest absolute Gasteiger partial charge is 0.479 e. The highest BCUT2D eigenvalue weighted by molar-refractivity contribution is 8.00. The molecule has 2 aliphatic rings. The number of carboxylic acids is 1. The van der Waals surface area contributed by atoms with E-state index in [0.717, 1.165) is 4.90 Å². The number of benzene rings is 1. The lowest BCUT2D eigenvalue weighted by atomic mass is 9.99. The Bertz CT molecular complexity index is 857. The summed E-state index contributed by atoms with van der Waals surface area (Å²) in [4.78, 5) is 39.6. The van der Waals surface area contributed by atoms with E-state index >= 15 is 0 Å². The molecule has 10 nitrogen and oxygen atoms in total. The number of likely N-dealkylation sites (tertiary alicyclic amines) is 1. The number of amides is 1. The molecule has 0 radical (unpaired) electrons. The Morgan fingerprint density at radius 3 is 2.45 bits per heavy atom. The molecule has 2 heterocycles. The molecule has 182 valence electrons. The van der Waals surface area contributed by atoms with Gasteiger partial charge >= 0.3 is 11.9 Å². The van der Waals surface area contributed by atoms with Crippen molar-refractivity contribution in [2.75, 3.05) is 12.3 Å². The van der Waals surface area contributed by atoms with E-state index in [2.05, 4.69) is 12.6 Å². The van der Waals surface area contributed by atoms with Crippen LogP contribution in [0.3, 0.4) is 0 Å². The number of nitrogens with zero attached hydrogens (tertiary/aromatic N) is 1. The van der Waals surface area contributed by atoms with Crippen LogP contribution in [0.1, 0.15) is 13.3 Å². The van der Waals surface area contributed by atoms with Gasteiger partial charge in [-0.2, -0.15) is 12.6 Å². The summed E-state index contributed by atoms with van der Waals surface area (Å²) in [6, 6.07) is 8.50. The van der Waals surface area contributed by atoms with Crippen molar-refractivity contribution < 1.29 is 44.3 Å².